The fourth-order valence-corrected chi connectivity index (χ4v) is 7.34. The van der Waals surface area contributed by atoms with Crippen LogP contribution in [0, 0.1) is 0 Å². The van der Waals surface area contributed by atoms with Crippen LogP contribution in [0.3, 0.4) is 0 Å². The number of ether oxygens (including phenoxy) is 1. The van der Waals surface area contributed by atoms with Crippen LogP contribution in [0.25, 0.3) is 22.5 Å². The van der Waals surface area contributed by atoms with E-state index in [1.54, 1.807) is 6.92 Å². The number of esters is 1. The summed E-state index contributed by atoms with van der Waals surface area (Å²) in [6, 6.07) is 47.8. The number of aromatic nitrogens is 6. The summed E-state index contributed by atoms with van der Waals surface area (Å²) in [4.78, 5) is 18.0. The average molecular weight is 721 g/mol. The molecular formula is C44H41ClN6O2. The number of aryl methyl sites for hydroxylation is 1. The normalized spacial score (nSPS) is 12.1. The quantitative estimate of drug-likeness (QED) is 0.0670. The zero-order valence-corrected chi connectivity index (χ0v) is 30.8. The Bertz CT molecular complexity index is 2190. The van der Waals surface area contributed by atoms with Gasteiger partial charge >= 0.3 is 5.97 Å². The molecule has 0 N–H and O–H groups in total. The molecule has 53 heavy (non-hydrogen) atoms. The number of tetrazole rings is 1. The number of alkyl halides is 1. The van der Waals surface area contributed by atoms with Gasteiger partial charge in [-0.25, -0.2) is 14.5 Å². The molecule has 5 aromatic carbocycles. The Morgan fingerprint density at radius 3 is 1.83 bits per heavy atom. The molecule has 2 heterocycles. The van der Waals surface area contributed by atoms with Crippen LogP contribution < -0.4 is 0 Å². The Kier molecular flexibility index (Phi) is 10.6. The molecule has 0 aliphatic rings. The number of rotatable bonds is 13. The second-order valence-electron chi connectivity index (χ2n) is 12.9. The van der Waals surface area contributed by atoms with E-state index in [4.69, 9.17) is 31.6 Å². The predicted octanol–water partition coefficient (Wildman–Crippen LogP) is 9.52. The van der Waals surface area contributed by atoms with Crippen LogP contribution >= 0.6 is 11.6 Å². The molecule has 0 radical (unpaired) electrons. The summed E-state index contributed by atoms with van der Waals surface area (Å²) >= 11 is 6.53. The number of hydrogen-bond acceptors (Lipinski definition) is 6. The Morgan fingerprint density at radius 2 is 1.30 bits per heavy atom. The van der Waals surface area contributed by atoms with Crippen molar-refractivity contribution in [2.75, 3.05) is 6.61 Å². The van der Waals surface area contributed by atoms with Crippen LogP contribution in [0.5, 0.6) is 0 Å². The summed E-state index contributed by atoms with van der Waals surface area (Å²) in [7, 11) is 0. The zero-order chi connectivity index (χ0) is 36.8. The molecular weight excluding hydrogens is 680 g/mol. The summed E-state index contributed by atoms with van der Waals surface area (Å²) in [6.45, 7) is 6.45. The first-order valence-corrected chi connectivity index (χ1v) is 18.5. The van der Waals surface area contributed by atoms with Gasteiger partial charge in [0.15, 0.2) is 11.5 Å². The van der Waals surface area contributed by atoms with Gasteiger partial charge in [-0.15, -0.1) is 16.7 Å². The van der Waals surface area contributed by atoms with Crippen LogP contribution in [0.15, 0.2) is 140 Å². The average Bonchev–Trinajstić information content (AvgIpc) is 3.83. The van der Waals surface area contributed by atoms with E-state index in [0.717, 1.165) is 51.2 Å². The Labute approximate surface area is 315 Å². The maximum atomic E-state index is 13.2. The number of nitrogens with zero attached hydrogens (tertiary/aromatic N) is 6. The van der Waals surface area contributed by atoms with Gasteiger partial charge in [0.1, 0.15) is 11.4 Å². The molecule has 9 heteroatoms. The van der Waals surface area contributed by atoms with Crippen molar-refractivity contribution >= 4 is 17.6 Å². The van der Waals surface area contributed by atoms with Crippen molar-refractivity contribution in [1.82, 2.24) is 29.8 Å². The minimum Gasteiger partial charge on any atom is -0.461 e. The van der Waals surface area contributed by atoms with Gasteiger partial charge in [-0.05, 0) is 64.1 Å². The Morgan fingerprint density at radius 1 is 0.755 bits per heavy atom. The molecule has 1 atom stereocenters. The molecule has 0 bridgehead atoms. The summed E-state index contributed by atoms with van der Waals surface area (Å²) < 4.78 is 9.38. The topological polar surface area (TPSA) is 87.7 Å². The third-order valence-corrected chi connectivity index (χ3v) is 9.73. The highest BCUT2D eigenvalue weighted by Gasteiger charge is 2.42. The van der Waals surface area contributed by atoms with Gasteiger partial charge in [0.05, 0.1) is 17.7 Å². The number of carbonyl (C=O) groups excluding carboxylic acids is 1. The molecule has 0 aliphatic heterocycles. The Balaban J connectivity index is 1.33. The van der Waals surface area contributed by atoms with E-state index in [9.17, 15) is 4.79 Å². The van der Waals surface area contributed by atoms with Crippen LogP contribution in [-0.2, 0) is 23.2 Å². The third kappa shape index (κ3) is 6.78. The number of carbonyl (C=O) groups is 1. The monoisotopic (exact) mass is 720 g/mol. The van der Waals surface area contributed by atoms with Crippen molar-refractivity contribution in [2.45, 2.75) is 51.1 Å². The lowest BCUT2D eigenvalue weighted by molar-refractivity contribution is 0.0512. The number of benzene rings is 5. The fraction of sp³-hybridized carbons (Fsp3) is 0.205. The van der Waals surface area contributed by atoms with Gasteiger partial charge in [0.2, 0.25) is 0 Å². The maximum absolute atomic E-state index is 13.2. The Hall–Kier alpha value is -5.86. The largest absolute Gasteiger partial charge is 0.461 e. The van der Waals surface area contributed by atoms with E-state index in [2.05, 4.69) is 121 Å². The van der Waals surface area contributed by atoms with Gasteiger partial charge in [-0.1, -0.05) is 146 Å². The van der Waals surface area contributed by atoms with Gasteiger partial charge in [0, 0.05) is 18.5 Å². The molecule has 0 spiro atoms. The first-order valence-electron chi connectivity index (χ1n) is 18.0. The highest BCUT2D eigenvalue weighted by molar-refractivity contribution is 6.21. The smallest absolute Gasteiger partial charge is 0.356 e. The molecule has 8 nitrogen and oxygen atoms in total. The molecule has 0 aliphatic carbocycles. The molecule has 0 amide bonds. The lowest BCUT2D eigenvalue weighted by atomic mass is 9.77. The highest BCUT2D eigenvalue weighted by atomic mass is 35.5. The van der Waals surface area contributed by atoms with Gasteiger partial charge < -0.3 is 9.30 Å². The minimum atomic E-state index is -0.878. The molecule has 0 saturated heterocycles. The van der Waals surface area contributed by atoms with Crippen molar-refractivity contribution in [3.63, 3.8) is 0 Å². The fourth-order valence-electron chi connectivity index (χ4n) is 7.18. The number of hydrogen-bond donors (Lipinski definition) is 0. The number of halogens is 1. The van der Waals surface area contributed by atoms with E-state index in [1.807, 2.05) is 46.5 Å². The second-order valence-corrected chi connectivity index (χ2v) is 13.6. The van der Waals surface area contributed by atoms with E-state index < -0.39 is 16.9 Å². The van der Waals surface area contributed by atoms with Gasteiger partial charge in [0.25, 0.3) is 0 Å². The van der Waals surface area contributed by atoms with Crippen LogP contribution in [0.2, 0.25) is 0 Å². The van der Waals surface area contributed by atoms with Crippen molar-refractivity contribution in [1.29, 1.82) is 0 Å². The van der Waals surface area contributed by atoms with Crippen molar-refractivity contribution in [3.8, 4) is 22.5 Å². The summed E-state index contributed by atoms with van der Waals surface area (Å²) in [6.07, 6.45) is 1.59. The molecule has 0 saturated carbocycles. The molecule has 2 aromatic heterocycles. The summed E-state index contributed by atoms with van der Waals surface area (Å²) in [5, 5.41) is 13.4. The summed E-state index contributed by atoms with van der Waals surface area (Å²) in [5.74, 6) is 1.04. The molecule has 1 unspecified atom stereocenters. The zero-order valence-electron chi connectivity index (χ0n) is 30.1. The van der Waals surface area contributed by atoms with Gasteiger partial charge in [-0.2, -0.15) is 0 Å². The van der Waals surface area contributed by atoms with E-state index in [0.29, 0.717) is 30.2 Å². The first kappa shape index (κ1) is 35.5. The summed E-state index contributed by atoms with van der Waals surface area (Å²) in [5.41, 5.74) is 7.07. The third-order valence-electron chi connectivity index (χ3n) is 9.53. The lowest BCUT2D eigenvalue weighted by Crippen LogP contribution is -2.39. The van der Waals surface area contributed by atoms with Crippen LogP contribution in [0.1, 0.15) is 76.8 Å². The maximum Gasteiger partial charge on any atom is 0.356 e. The van der Waals surface area contributed by atoms with Crippen molar-refractivity contribution in [2.24, 2.45) is 0 Å². The van der Waals surface area contributed by atoms with Crippen molar-refractivity contribution < 1.29 is 9.53 Å². The molecule has 7 rings (SSSR count). The number of imidazole rings is 1. The second kappa shape index (κ2) is 15.8. The van der Waals surface area contributed by atoms with Crippen LogP contribution in [-0.4, -0.2) is 42.3 Å². The lowest BCUT2D eigenvalue weighted by Gasteiger charge is -2.36. The standard InChI is InChI=1S/C44H41ClN6O2/c1-4-17-39-46-40(31(3)45)41(43(52)53-5-2)50(39)30-32-26-28-33(29-27-32)37-24-15-16-25-38(37)42-47-48-49-51(42)44(34-18-9-6-10-19-34,35-20-11-7-12-21-35)36-22-13-8-14-23-36/h6-16,18-29,31H,4-5,17,30H2,1-3H3. The van der Waals surface area contributed by atoms with E-state index in [1.165, 1.54) is 0 Å². The molecule has 266 valence electrons. The van der Waals surface area contributed by atoms with Crippen LogP contribution in [0.4, 0.5) is 0 Å². The highest BCUT2D eigenvalue weighted by Crippen LogP contribution is 2.43. The predicted molar refractivity (Wildman–Crippen MR) is 209 cm³/mol. The van der Waals surface area contributed by atoms with E-state index in [-0.39, 0.29) is 6.61 Å². The minimum absolute atomic E-state index is 0.268. The molecule has 7 aromatic rings. The van der Waals surface area contributed by atoms with Crippen molar-refractivity contribution in [3.05, 3.63) is 179 Å². The van der Waals surface area contributed by atoms with Gasteiger partial charge in [-0.3, -0.25) is 0 Å². The first-order chi connectivity index (χ1) is 26.0. The molecule has 0 fully saturated rings. The SMILES string of the molecule is CCCc1nc(C(C)Cl)c(C(=O)OCC)n1Cc1ccc(-c2ccccc2-c2nnnn2C(c2ccccc2)(c2ccccc2)c2ccccc2)cc1. The van der Waals surface area contributed by atoms with E-state index >= 15 is 0 Å².